The van der Waals surface area contributed by atoms with E-state index < -0.39 is 0 Å². The fraction of sp³-hybridized carbons (Fsp3) is 0.125. The largest absolute Gasteiger partial charge is 0.228 e. The number of benzene rings is 2. The molecule has 0 bridgehead atoms. The highest BCUT2D eigenvalue weighted by Gasteiger charge is 2.11. The van der Waals surface area contributed by atoms with Crippen LogP contribution >= 0.6 is 23.2 Å². The molecule has 4 heteroatoms. The van der Waals surface area contributed by atoms with Crippen LogP contribution in [0.5, 0.6) is 0 Å². The van der Waals surface area contributed by atoms with Crippen LogP contribution in [-0.2, 0) is 0 Å². The summed E-state index contributed by atoms with van der Waals surface area (Å²) in [4.78, 5) is 9.05. The second kappa shape index (κ2) is 5.04. The number of fused-ring (bicyclic) bond motifs is 1. The summed E-state index contributed by atoms with van der Waals surface area (Å²) in [7, 11) is 0. The van der Waals surface area contributed by atoms with E-state index in [1.807, 2.05) is 50.2 Å². The Morgan fingerprint density at radius 1 is 0.900 bits per heavy atom. The first-order chi connectivity index (χ1) is 9.56. The van der Waals surface area contributed by atoms with E-state index >= 15 is 0 Å². The Morgan fingerprint density at radius 3 is 2.45 bits per heavy atom. The topological polar surface area (TPSA) is 25.8 Å². The second-order valence-electron chi connectivity index (χ2n) is 4.77. The Hall–Kier alpha value is -1.64. The molecule has 20 heavy (non-hydrogen) atoms. The van der Waals surface area contributed by atoms with Crippen LogP contribution in [0.4, 0.5) is 0 Å². The Labute approximate surface area is 127 Å². The zero-order chi connectivity index (χ0) is 14.3. The Balaban J connectivity index is 2.28. The van der Waals surface area contributed by atoms with Gasteiger partial charge in [0, 0.05) is 16.0 Å². The molecule has 1 heterocycles. The molecule has 2 aromatic carbocycles. The van der Waals surface area contributed by atoms with Crippen LogP contribution in [0, 0.1) is 13.8 Å². The lowest BCUT2D eigenvalue weighted by Gasteiger charge is -2.09. The number of aryl methyl sites for hydroxylation is 2. The van der Waals surface area contributed by atoms with Gasteiger partial charge in [-0.15, -0.1) is 0 Å². The van der Waals surface area contributed by atoms with Crippen LogP contribution in [0.3, 0.4) is 0 Å². The van der Waals surface area contributed by atoms with Crippen LogP contribution < -0.4 is 0 Å². The van der Waals surface area contributed by atoms with Crippen molar-refractivity contribution >= 4 is 34.1 Å². The first-order valence-electron chi connectivity index (χ1n) is 6.25. The van der Waals surface area contributed by atoms with Gasteiger partial charge in [0.25, 0.3) is 0 Å². The summed E-state index contributed by atoms with van der Waals surface area (Å²) in [6.07, 6.45) is 0. The van der Waals surface area contributed by atoms with Crippen LogP contribution in [-0.4, -0.2) is 9.97 Å². The van der Waals surface area contributed by atoms with E-state index in [4.69, 9.17) is 23.2 Å². The van der Waals surface area contributed by atoms with E-state index in [0.717, 1.165) is 27.6 Å². The number of hydrogen-bond donors (Lipinski definition) is 0. The molecule has 0 N–H and O–H groups in total. The van der Waals surface area contributed by atoms with Crippen molar-refractivity contribution in [3.8, 4) is 11.4 Å². The first-order valence-corrected chi connectivity index (χ1v) is 7.01. The molecular weight excluding hydrogens is 291 g/mol. The van der Waals surface area contributed by atoms with Crippen molar-refractivity contribution in [1.82, 2.24) is 9.97 Å². The third-order valence-electron chi connectivity index (χ3n) is 3.32. The molecule has 0 saturated carbocycles. The summed E-state index contributed by atoms with van der Waals surface area (Å²) in [6, 6.07) is 11.6. The average molecular weight is 303 g/mol. The van der Waals surface area contributed by atoms with Gasteiger partial charge < -0.3 is 0 Å². The lowest BCUT2D eigenvalue weighted by Crippen LogP contribution is -1.95. The molecule has 2 nitrogen and oxygen atoms in total. The molecule has 0 unspecified atom stereocenters. The van der Waals surface area contributed by atoms with Crippen molar-refractivity contribution in [3.63, 3.8) is 0 Å². The highest BCUT2D eigenvalue weighted by atomic mass is 35.5. The fourth-order valence-electron chi connectivity index (χ4n) is 2.30. The molecular formula is C16H12Cl2N2. The molecule has 0 atom stereocenters. The molecule has 1 aromatic heterocycles. The Bertz CT molecular complexity index is 813. The van der Waals surface area contributed by atoms with Gasteiger partial charge >= 0.3 is 0 Å². The molecule has 3 aromatic rings. The van der Waals surface area contributed by atoms with Crippen molar-refractivity contribution in [2.24, 2.45) is 0 Å². The maximum Gasteiger partial charge on any atom is 0.161 e. The summed E-state index contributed by atoms with van der Waals surface area (Å²) in [6.45, 7) is 3.99. The maximum absolute atomic E-state index is 6.32. The highest BCUT2D eigenvalue weighted by molar-refractivity contribution is 6.34. The zero-order valence-electron chi connectivity index (χ0n) is 11.1. The van der Waals surface area contributed by atoms with Gasteiger partial charge in [-0.05, 0) is 49.2 Å². The van der Waals surface area contributed by atoms with Crippen molar-refractivity contribution in [1.29, 1.82) is 0 Å². The lowest BCUT2D eigenvalue weighted by atomic mass is 10.1. The molecule has 0 fully saturated rings. The quantitative estimate of drug-likeness (QED) is 0.576. The van der Waals surface area contributed by atoms with E-state index in [1.165, 1.54) is 0 Å². The summed E-state index contributed by atoms with van der Waals surface area (Å²) in [5.74, 6) is 0.627. The Morgan fingerprint density at radius 2 is 1.70 bits per heavy atom. The molecule has 3 rings (SSSR count). The van der Waals surface area contributed by atoms with Crippen LogP contribution in [0.25, 0.3) is 22.3 Å². The second-order valence-corrected chi connectivity index (χ2v) is 5.56. The van der Waals surface area contributed by atoms with Gasteiger partial charge in [-0.1, -0.05) is 35.3 Å². The molecule has 0 aliphatic rings. The smallest absolute Gasteiger partial charge is 0.161 e. The summed E-state index contributed by atoms with van der Waals surface area (Å²) < 4.78 is 0. The molecule has 100 valence electrons. The van der Waals surface area contributed by atoms with Crippen molar-refractivity contribution in [3.05, 3.63) is 57.7 Å². The minimum Gasteiger partial charge on any atom is -0.228 e. The lowest BCUT2D eigenvalue weighted by molar-refractivity contribution is 1.21. The molecule has 0 spiro atoms. The fourth-order valence-corrected chi connectivity index (χ4v) is 2.85. The monoisotopic (exact) mass is 302 g/mol. The SMILES string of the molecule is Cc1cc(Cl)ccc1-c1nc(Cl)c2c(C)cccc2n1. The minimum absolute atomic E-state index is 0.484. The molecule has 0 amide bonds. The van der Waals surface area contributed by atoms with Crippen molar-refractivity contribution in [2.75, 3.05) is 0 Å². The van der Waals surface area contributed by atoms with E-state index in [2.05, 4.69) is 9.97 Å². The third-order valence-corrected chi connectivity index (χ3v) is 3.83. The Kier molecular flexibility index (Phi) is 3.36. The normalized spacial score (nSPS) is 11.0. The number of halogens is 2. The van der Waals surface area contributed by atoms with E-state index in [-0.39, 0.29) is 0 Å². The molecule has 0 radical (unpaired) electrons. The molecule has 0 aliphatic carbocycles. The summed E-state index contributed by atoms with van der Waals surface area (Å²) in [5.41, 5.74) is 3.90. The van der Waals surface area contributed by atoms with Gasteiger partial charge in [0.15, 0.2) is 5.82 Å². The van der Waals surface area contributed by atoms with Gasteiger partial charge in [-0.3, -0.25) is 0 Å². The van der Waals surface area contributed by atoms with Gasteiger partial charge in [-0.2, -0.15) is 0 Å². The van der Waals surface area contributed by atoms with E-state index in [9.17, 15) is 0 Å². The van der Waals surface area contributed by atoms with Gasteiger partial charge in [-0.25, -0.2) is 9.97 Å². The zero-order valence-corrected chi connectivity index (χ0v) is 12.6. The van der Waals surface area contributed by atoms with Crippen LogP contribution in [0.2, 0.25) is 10.2 Å². The van der Waals surface area contributed by atoms with Gasteiger partial charge in [0.2, 0.25) is 0 Å². The van der Waals surface area contributed by atoms with Crippen molar-refractivity contribution in [2.45, 2.75) is 13.8 Å². The number of hydrogen-bond acceptors (Lipinski definition) is 2. The number of aromatic nitrogens is 2. The van der Waals surface area contributed by atoms with E-state index in [0.29, 0.717) is 16.0 Å². The van der Waals surface area contributed by atoms with Gasteiger partial charge in [0.1, 0.15) is 5.15 Å². The first kappa shape index (κ1) is 13.3. The predicted molar refractivity (Wildman–Crippen MR) is 84.5 cm³/mol. The predicted octanol–water partition coefficient (Wildman–Crippen LogP) is 5.22. The summed E-state index contributed by atoms with van der Waals surface area (Å²) in [5, 5.41) is 2.09. The standard InChI is InChI=1S/C16H12Cl2N2/c1-9-4-3-5-13-14(9)15(18)20-16(19-13)12-7-6-11(17)8-10(12)2/h3-8H,1-2H3. The number of rotatable bonds is 1. The van der Waals surface area contributed by atoms with Crippen molar-refractivity contribution < 1.29 is 0 Å². The van der Waals surface area contributed by atoms with Crippen LogP contribution in [0.1, 0.15) is 11.1 Å². The minimum atomic E-state index is 0.484. The number of nitrogens with zero attached hydrogens (tertiary/aromatic N) is 2. The summed E-state index contributed by atoms with van der Waals surface area (Å²) >= 11 is 12.3. The maximum atomic E-state index is 6.32. The molecule has 0 saturated heterocycles. The average Bonchev–Trinajstić information content (AvgIpc) is 2.38. The molecule has 0 aliphatic heterocycles. The van der Waals surface area contributed by atoms with Gasteiger partial charge in [0.05, 0.1) is 5.52 Å². The highest BCUT2D eigenvalue weighted by Crippen LogP contribution is 2.29. The third kappa shape index (κ3) is 2.26. The van der Waals surface area contributed by atoms with E-state index in [1.54, 1.807) is 0 Å². The van der Waals surface area contributed by atoms with Crippen LogP contribution in [0.15, 0.2) is 36.4 Å².